The standard InChI is InChI=1S/C14H17N3O/c1-14(2)10-6-3-8(7-11(10)17-13(14)18)12(15)16-9-4-5-9/h3,6-7,9H,4-5H2,1-2H3,(H2,15,16)(H,17,18). The van der Waals surface area contributed by atoms with E-state index >= 15 is 0 Å². The molecule has 1 aromatic rings. The van der Waals surface area contributed by atoms with Crippen molar-refractivity contribution in [3.63, 3.8) is 0 Å². The summed E-state index contributed by atoms with van der Waals surface area (Å²) < 4.78 is 0. The topological polar surface area (TPSA) is 67.5 Å². The van der Waals surface area contributed by atoms with Crippen LogP contribution < -0.4 is 11.1 Å². The summed E-state index contributed by atoms with van der Waals surface area (Å²) in [5, 5.41) is 2.90. The van der Waals surface area contributed by atoms with Crippen LogP contribution in [0.25, 0.3) is 0 Å². The van der Waals surface area contributed by atoms with Gasteiger partial charge in [-0.25, -0.2) is 0 Å². The first kappa shape index (κ1) is 11.3. The quantitative estimate of drug-likeness (QED) is 0.614. The summed E-state index contributed by atoms with van der Waals surface area (Å²) in [6, 6.07) is 6.24. The average Bonchev–Trinajstić information content (AvgIpc) is 3.08. The third-order valence-electron chi connectivity index (χ3n) is 3.67. The smallest absolute Gasteiger partial charge is 0.234 e. The number of hydrogen-bond acceptors (Lipinski definition) is 2. The minimum absolute atomic E-state index is 0.0346. The van der Waals surface area contributed by atoms with Gasteiger partial charge >= 0.3 is 0 Å². The fourth-order valence-corrected chi connectivity index (χ4v) is 2.23. The number of aliphatic imine (C=N–C) groups is 1. The second-order valence-electron chi connectivity index (χ2n) is 5.59. The van der Waals surface area contributed by atoms with Gasteiger partial charge in [0.2, 0.25) is 5.91 Å². The summed E-state index contributed by atoms with van der Waals surface area (Å²) in [6.07, 6.45) is 2.27. The molecule has 1 aromatic carbocycles. The summed E-state index contributed by atoms with van der Waals surface area (Å²) in [4.78, 5) is 16.3. The number of amides is 1. The molecule has 1 aliphatic carbocycles. The maximum absolute atomic E-state index is 11.8. The number of hydrogen-bond donors (Lipinski definition) is 2. The number of nitrogens with zero attached hydrogens (tertiary/aromatic N) is 1. The Morgan fingerprint density at radius 1 is 1.44 bits per heavy atom. The first-order valence-corrected chi connectivity index (χ1v) is 6.28. The molecule has 0 bridgehead atoms. The predicted octanol–water partition coefficient (Wildman–Crippen LogP) is 1.78. The van der Waals surface area contributed by atoms with E-state index < -0.39 is 5.41 Å². The summed E-state index contributed by atoms with van der Waals surface area (Å²) in [7, 11) is 0. The lowest BCUT2D eigenvalue weighted by Crippen LogP contribution is -2.26. The normalized spacial score (nSPS) is 21.7. The number of amidine groups is 1. The van der Waals surface area contributed by atoms with Crippen LogP contribution in [0.2, 0.25) is 0 Å². The minimum Gasteiger partial charge on any atom is -0.383 e. The van der Waals surface area contributed by atoms with Gasteiger partial charge in [-0.15, -0.1) is 0 Å². The van der Waals surface area contributed by atoms with Crippen LogP contribution in [0.4, 0.5) is 5.69 Å². The SMILES string of the molecule is CC1(C)C(=O)Nc2cc(C(N)=NC3CC3)ccc21. The van der Waals surface area contributed by atoms with Crippen LogP contribution in [0.5, 0.6) is 0 Å². The number of nitrogens with two attached hydrogens (primary N) is 1. The Labute approximate surface area is 106 Å². The fraction of sp³-hybridized carbons (Fsp3) is 0.429. The highest BCUT2D eigenvalue weighted by Crippen LogP contribution is 2.37. The molecule has 1 fully saturated rings. The first-order valence-electron chi connectivity index (χ1n) is 6.28. The first-order chi connectivity index (χ1) is 8.48. The Hall–Kier alpha value is -1.84. The van der Waals surface area contributed by atoms with Crippen molar-refractivity contribution in [1.29, 1.82) is 0 Å². The summed E-state index contributed by atoms with van der Waals surface area (Å²) in [6.45, 7) is 3.85. The summed E-state index contributed by atoms with van der Waals surface area (Å²) in [5.74, 6) is 0.603. The molecule has 94 valence electrons. The van der Waals surface area contributed by atoms with Crippen molar-refractivity contribution in [3.05, 3.63) is 29.3 Å². The van der Waals surface area contributed by atoms with E-state index in [1.54, 1.807) is 0 Å². The molecular weight excluding hydrogens is 226 g/mol. The van der Waals surface area contributed by atoms with E-state index in [9.17, 15) is 4.79 Å². The van der Waals surface area contributed by atoms with Gasteiger partial charge in [-0.05, 0) is 38.3 Å². The van der Waals surface area contributed by atoms with Gasteiger partial charge in [0.1, 0.15) is 5.84 Å². The van der Waals surface area contributed by atoms with Gasteiger partial charge in [-0.2, -0.15) is 0 Å². The molecule has 1 saturated carbocycles. The third kappa shape index (κ3) is 1.68. The van der Waals surface area contributed by atoms with E-state index in [1.165, 1.54) is 0 Å². The molecule has 4 nitrogen and oxygen atoms in total. The van der Waals surface area contributed by atoms with Crippen molar-refractivity contribution in [2.24, 2.45) is 10.7 Å². The Morgan fingerprint density at radius 2 is 2.17 bits per heavy atom. The van der Waals surface area contributed by atoms with Gasteiger partial charge in [-0.3, -0.25) is 9.79 Å². The molecule has 18 heavy (non-hydrogen) atoms. The van der Waals surface area contributed by atoms with Crippen LogP contribution in [0.3, 0.4) is 0 Å². The lowest BCUT2D eigenvalue weighted by Gasteiger charge is -2.14. The molecule has 2 aliphatic rings. The van der Waals surface area contributed by atoms with Gasteiger partial charge in [0, 0.05) is 11.3 Å². The lowest BCUT2D eigenvalue weighted by molar-refractivity contribution is -0.119. The molecule has 0 spiro atoms. The van der Waals surface area contributed by atoms with E-state index in [-0.39, 0.29) is 5.91 Å². The molecule has 0 unspecified atom stereocenters. The zero-order valence-corrected chi connectivity index (χ0v) is 10.7. The van der Waals surface area contributed by atoms with E-state index in [0.29, 0.717) is 11.9 Å². The summed E-state index contributed by atoms with van der Waals surface area (Å²) in [5.41, 5.74) is 8.28. The zero-order valence-electron chi connectivity index (χ0n) is 10.7. The highest BCUT2D eigenvalue weighted by molar-refractivity contribution is 6.07. The van der Waals surface area contributed by atoms with Gasteiger partial charge in [0.15, 0.2) is 0 Å². The molecule has 1 aliphatic heterocycles. The minimum atomic E-state index is -0.462. The second-order valence-corrected chi connectivity index (χ2v) is 5.59. The molecule has 0 atom stereocenters. The van der Waals surface area contributed by atoms with Crippen molar-refractivity contribution in [2.75, 3.05) is 5.32 Å². The monoisotopic (exact) mass is 243 g/mol. The molecule has 0 saturated heterocycles. The number of fused-ring (bicyclic) bond motifs is 1. The van der Waals surface area contributed by atoms with E-state index in [4.69, 9.17) is 5.73 Å². The third-order valence-corrected chi connectivity index (χ3v) is 3.67. The second kappa shape index (κ2) is 3.57. The Kier molecular flexibility index (Phi) is 2.24. The van der Waals surface area contributed by atoms with Gasteiger partial charge in [-0.1, -0.05) is 12.1 Å². The maximum atomic E-state index is 11.8. The maximum Gasteiger partial charge on any atom is 0.234 e. The van der Waals surface area contributed by atoms with Crippen LogP contribution in [0, 0.1) is 0 Å². The van der Waals surface area contributed by atoms with Crippen molar-refractivity contribution < 1.29 is 4.79 Å². The average molecular weight is 243 g/mol. The van der Waals surface area contributed by atoms with Crippen LogP contribution in [-0.4, -0.2) is 17.8 Å². The molecule has 4 heteroatoms. The van der Waals surface area contributed by atoms with E-state index in [2.05, 4.69) is 10.3 Å². The van der Waals surface area contributed by atoms with Crippen LogP contribution in [0.15, 0.2) is 23.2 Å². The summed E-state index contributed by atoms with van der Waals surface area (Å²) >= 11 is 0. The molecule has 3 rings (SSSR count). The van der Waals surface area contributed by atoms with Crippen LogP contribution in [-0.2, 0) is 10.2 Å². The van der Waals surface area contributed by atoms with E-state index in [0.717, 1.165) is 29.7 Å². The molecular formula is C14H17N3O. The number of carbonyl (C=O) groups excluding carboxylic acids is 1. The van der Waals surface area contributed by atoms with Gasteiger partial charge in [0.25, 0.3) is 0 Å². The Morgan fingerprint density at radius 3 is 2.83 bits per heavy atom. The number of rotatable bonds is 2. The fourth-order valence-electron chi connectivity index (χ4n) is 2.23. The molecule has 3 N–H and O–H groups in total. The molecule has 0 aromatic heterocycles. The van der Waals surface area contributed by atoms with Crippen molar-refractivity contribution in [2.45, 2.75) is 38.1 Å². The van der Waals surface area contributed by atoms with Crippen LogP contribution >= 0.6 is 0 Å². The Bertz CT molecular complexity index is 556. The largest absolute Gasteiger partial charge is 0.383 e. The van der Waals surface area contributed by atoms with Gasteiger partial charge < -0.3 is 11.1 Å². The zero-order chi connectivity index (χ0) is 12.9. The molecule has 0 radical (unpaired) electrons. The number of anilines is 1. The van der Waals surface area contributed by atoms with Gasteiger partial charge in [0.05, 0.1) is 11.5 Å². The van der Waals surface area contributed by atoms with E-state index in [1.807, 2.05) is 32.0 Å². The number of carbonyl (C=O) groups is 1. The Balaban J connectivity index is 1.98. The van der Waals surface area contributed by atoms with Crippen LogP contribution in [0.1, 0.15) is 37.8 Å². The molecule has 1 heterocycles. The van der Waals surface area contributed by atoms with Crippen molar-refractivity contribution in [3.8, 4) is 0 Å². The number of nitrogens with one attached hydrogen (secondary N) is 1. The van der Waals surface area contributed by atoms with Crippen molar-refractivity contribution in [1.82, 2.24) is 0 Å². The highest BCUT2D eigenvalue weighted by Gasteiger charge is 2.38. The molecule has 1 amide bonds. The van der Waals surface area contributed by atoms with Crippen molar-refractivity contribution >= 4 is 17.4 Å². The number of benzene rings is 1. The lowest BCUT2D eigenvalue weighted by atomic mass is 9.86. The highest BCUT2D eigenvalue weighted by atomic mass is 16.2. The predicted molar refractivity (Wildman–Crippen MR) is 71.8 cm³/mol.